The first-order chi connectivity index (χ1) is 31.8. The molecule has 350 valence electrons. The molecule has 18 heteroatoms. The smallest absolute Gasteiger partial charge is 0.468 e. The number of carbonyl (C=O) groups excluding carboxylic acids is 2. The van der Waals surface area contributed by atoms with E-state index in [0.29, 0.717) is 35.8 Å². The molecule has 0 saturated carbocycles. The van der Waals surface area contributed by atoms with Crippen molar-refractivity contribution < 1.29 is 60.4 Å². The number of hydrogen-bond donors (Lipinski definition) is 3. The molecule has 2 amide bonds. The van der Waals surface area contributed by atoms with E-state index < -0.39 is 67.2 Å². The summed E-state index contributed by atoms with van der Waals surface area (Å²) in [4.78, 5) is 25.9. The number of hydrogen-bond acceptors (Lipinski definition) is 13. The molecule has 2 aliphatic heterocycles. The third-order valence-corrected chi connectivity index (χ3v) is 13.9. The molecule has 3 N–H and O–H groups in total. The molecule has 0 aliphatic carbocycles. The van der Waals surface area contributed by atoms with Crippen molar-refractivity contribution in [3.05, 3.63) is 151 Å². The van der Waals surface area contributed by atoms with Crippen molar-refractivity contribution in [1.82, 2.24) is 9.62 Å². The first-order valence-corrected chi connectivity index (χ1v) is 24.7. The molecule has 16 nitrogen and oxygen atoms in total. The summed E-state index contributed by atoms with van der Waals surface area (Å²) >= 11 is 0. The predicted octanol–water partition coefficient (Wildman–Crippen LogP) is 8.23. The number of nitrogens with zero attached hydrogens (tertiary/aromatic N) is 1. The summed E-state index contributed by atoms with van der Waals surface area (Å²) in [5.74, 6) is 0.547. The SMILES string of the molecule is CC(C)CN(C[C@@H](O)[C@H](Cc1ccc(NC(=O)OCc2ccccc2)cc1)NC(=O)O[C@H]1CO[C@H]2OCC[C@H]21)S(=O)(=O)c1ccc(OCP(=O)(Oc2ccccc2)Oc2ccccc2)cc1. The van der Waals surface area contributed by atoms with E-state index in [0.717, 1.165) is 5.56 Å². The number of carbonyl (C=O) groups is 2. The molecule has 2 fully saturated rings. The second-order valence-electron chi connectivity index (χ2n) is 16.3. The van der Waals surface area contributed by atoms with E-state index in [9.17, 15) is 27.7 Å². The molecule has 2 aliphatic rings. The molecular formula is C48H54N3O13PS. The van der Waals surface area contributed by atoms with Gasteiger partial charge in [-0.1, -0.05) is 92.7 Å². The Hall–Kier alpha value is -5.94. The molecule has 0 spiro atoms. The first kappa shape index (κ1) is 48.0. The van der Waals surface area contributed by atoms with Crippen LogP contribution in [-0.2, 0) is 46.6 Å². The summed E-state index contributed by atoms with van der Waals surface area (Å²) in [6.45, 7) is 4.08. The van der Waals surface area contributed by atoms with Gasteiger partial charge in [0.1, 0.15) is 30.0 Å². The molecule has 5 atom stereocenters. The molecule has 5 aromatic carbocycles. The molecule has 0 aromatic heterocycles. The van der Waals surface area contributed by atoms with Crippen LogP contribution in [0.25, 0.3) is 0 Å². The maximum absolute atomic E-state index is 14.3. The molecule has 2 saturated heterocycles. The van der Waals surface area contributed by atoms with Crippen LogP contribution >= 0.6 is 7.60 Å². The van der Waals surface area contributed by atoms with Gasteiger partial charge >= 0.3 is 19.8 Å². The van der Waals surface area contributed by atoms with Crippen LogP contribution in [0.15, 0.2) is 144 Å². The van der Waals surface area contributed by atoms with Crippen molar-refractivity contribution in [2.75, 3.05) is 38.0 Å². The van der Waals surface area contributed by atoms with Crippen LogP contribution in [0.1, 0.15) is 31.4 Å². The number of nitrogens with one attached hydrogen (secondary N) is 2. The lowest BCUT2D eigenvalue weighted by atomic mass is 10.0. The third-order valence-electron chi connectivity index (χ3n) is 10.7. The molecule has 5 aromatic rings. The van der Waals surface area contributed by atoms with E-state index in [-0.39, 0.29) is 48.7 Å². The number of ether oxygens (including phenoxy) is 5. The molecule has 7 rings (SSSR count). The predicted molar refractivity (Wildman–Crippen MR) is 245 cm³/mol. The quantitative estimate of drug-likeness (QED) is 0.0596. The minimum Gasteiger partial charge on any atom is -0.479 e. The van der Waals surface area contributed by atoms with E-state index in [1.165, 1.54) is 28.6 Å². The van der Waals surface area contributed by atoms with Crippen LogP contribution in [-0.4, -0.2) is 87.2 Å². The average molecular weight is 944 g/mol. The number of aliphatic hydroxyl groups is 1. The Balaban J connectivity index is 1.03. The molecule has 0 bridgehead atoms. The highest BCUT2D eigenvalue weighted by atomic mass is 32.2. The van der Waals surface area contributed by atoms with Gasteiger partial charge in [0, 0.05) is 18.8 Å². The van der Waals surface area contributed by atoms with Gasteiger partial charge in [-0.25, -0.2) is 22.6 Å². The number of rotatable bonds is 21. The maximum Gasteiger partial charge on any atom is 0.468 e. The largest absolute Gasteiger partial charge is 0.479 e. The number of alkyl carbamates (subject to hydrolysis) is 1. The number of amides is 2. The number of anilines is 1. The first-order valence-electron chi connectivity index (χ1n) is 21.6. The standard InChI is InChI=1S/C48H54N3O13PS/c1-34(2)29-51(66(56,57)41-24-22-38(23-25-41)61-33-65(55,63-39-14-8-4-9-15-39)64-40-16-10-5-11-17-40)30-44(52)43(50-48(54)62-45-32-59-46-42(45)26-27-58-46)28-35-18-20-37(21-19-35)49-47(53)60-31-36-12-6-3-7-13-36/h3-25,34,42-46,52H,26-33H2,1-2H3,(H,49,53)(H,50,54)/t42-,43-,44+,45-,46+/m0/s1. The lowest BCUT2D eigenvalue weighted by Crippen LogP contribution is -2.51. The van der Waals surface area contributed by atoms with Gasteiger partial charge in [0.2, 0.25) is 16.4 Å². The fourth-order valence-electron chi connectivity index (χ4n) is 7.39. The van der Waals surface area contributed by atoms with Gasteiger partial charge in [-0.05, 0) is 90.6 Å². The maximum atomic E-state index is 14.3. The monoisotopic (exact) mass is 943 g/mol. The van der Waals surface area contributed by atoms with E-state index in [2.05, 4.69) is 10.6 Å². The second kappa shape index (κ2) is 22.5. The number of fused-ring (bicyclic) bond motifs is 1. The summed E-state index contributed by atoms with van der Waals surface area (Å²) in [5, 5.41) is 17.4. The van der Waals surface area contributed by atoms with Crippen LogP contribution in [0.5, 0.6) is 17.2 Å². The van der Waals surface area contributed by atoms with E-state index >= 15 is 0 Å². The molecule has 0 radical (unpaired) electrons. The normalized spacial score (nSPS) is 17.9. The highest BCUT2D eigenvalue weighted by Gasteiger charge is 2.44. The van der Waals surface area contributed by atoms with Gasteiger partial charge in [0.05, 0.1) is 36.2 Å². The Labute approximate surface area is 384 Å². The lowest BCUT2D eigenvalue weighted by molar-refractivity contribution is -0.0907. The van der Waals surface area contributed by atoms with Gasteiger partial charge in [0.25, 0.3) is 0 Å². The molecule has 66 heavy (non-hydrogen) atoms. The summed E-state index contributed by atoms with van der Waals surface area (Å²) in [7, 11) is -8.20. The minimum absolute atomic E-state index is 0.0366. The van der Waals surface area contributed by atoms with Crippen molar-refractivity contribution in [1.29, 1.82) is 0 Å². The number of aliphatic hydroxyl groups excluding tert-OH is 1. The van der Waals surface area contributed by atoms with Crippen LogP contribution in [0.2, 0.25) is 0 Å². The van der Waals surface area contributed by atoms with E-state index in [4.69, 9.17) is 32.7 Å². The highest BCUT2D eigenvalue weighted by molar-refractivity contribution is 7.89. The Morgan fingerprint density at radius 1 is 0.773 bits per heavy atom. The van der Waals surface area contributed by atoms with Crippen LogP contribution in [0.4, 0.5) is 15.3 Å². The fraction of sp³-hybridized carbons (Fsp3) is 0.333. The van der Waals surface area contributed by atoms with Crippen LogP contribution < -0.4 is 24.4 Å². The van der Waals surface area contributed by atoms with Crippen molar-refractivity contribution in [2.24, 2.45) is 11.8 Å². The van der Waals surface area contributed by atoms with Crippen molar-refractivity contribution in [2.45, 2.75) is 62.7 Å². The van der Waals surface area contributed by atoms with E-state index in [1.807, 2.05) is 44.2 Å². The Morgan fingerprint density at radius 3 is 2.02 bits per heavy atom. The van der Waals surface area contributed by atoms with Gasteiger partial charge in [-0.2, -0.15) is 4.31 Å². The topological polar surface area (TPSA) is 197 Å². The summed E-state index contributed by atoms with van der Waals surface area (Å²) < 4.78 is 83.6. The average Bonchev–Trinajstić information content (AvgIpc) is 3.94. The van der Waals surface area contributed by atoms with Gasteiger partial charge in [-0.15, -0.1) is 0 Å². The Morgan fingerprint density at radius 2 is 1.39 bits per heavy atom. The van der Waals surface area contributed by atoms with E-state index in [1.54, 1.807) is 84.9 Å². The zero-order valence-corrected chi connectivity index (χ0v) is 38.3. The zero-order valence-electron chi connectivity index (χ0n) is 36.5. The fourth-order valence-corrected chi connectivity index (χ4v) is 10.3. The number of para-hydroxylation sites is 2. The van der Waals surface area contributed by atoms with Crippen LogP contribution in [0, 0.1) is 11.8 Å². The number of sulfonamides is 1. The summed E-state index contributed by atoms with van der Waals surface area (Å²) in [6.07, 6.45) is -3.65. The van der Waals surface area contributed by atoms with Crippen molar-refractivity contribution >= 4 is 35.5 Å². The minimum atomic E-state index is -4.25. The lowest BCUT2D eigenvalue weighted by Gasteiger charge is -2.31. The van der Waals surface area contributed by atoms with Crippen molar-refractivity contribution in [3.8, 4) is 17.2 Å². The zero-order chi connectivity index (χ0) is 46.5. The molecular weight excluding hydrogens is 890 g/mol. The van der Waals surface area contributed by atoms with Gasteiger partial charge in [0.15, 0.2) is 6.29 Å². The highest BCUT2D eigenvalue weighted by Crippen LogP contribution is 2.48. The Kier molecular flexibility index (Phi) is 16.4. The second-order valence-corrected chi connectivity index (χ2v) is 20.0. The molecule has 2 heterocycles. The Bertz CT molecular complexity index is 2440. The third kappa shape index (κ3) is 13.6. The van der Waals surface area contributed by atoms with Gasteiger partial charge < -0.3 is 43.2 Å². The van der Waals surface area contributed by atoms with Crippen LogP contribution in [0.3, 0.4) is 0 Å². The van der Waals surface area contributed by atoms with Crippen molar-refractivity contribution in [3.63, 3.8) is 0 Å². The summed E-state index contributed by atoms with van der Waals surface area (Å²) in [5.41, 5.74) is 1.96. The molecule has 0 unspecified atom stereocenters. The van der Waals surface area contributed by atoms with Gasteiger partial charge in [-0.3, -0.25) is 5.32 Å². The summed E-state index contributed by atoms with van der Waals surface area (Å²) in [6, 6.07) is 37.6. The number of benzene rings is 5.